The van der Waals surface area contributed by atoms with E-state index >= 15 is 0 Å². The molecular formula is C32H32Cl2N4O4S. The highest BCUT2D eigenvalue weighted by Crippen LogP contribution is 2.42. The minimum absolute atomic E-state index is 0.123. The van der Waals surface area contributed by atoms with Gasteiger partial charge < -0.3 is 24.6 Å². The van der Waals surface area contributed by atoms with Crippen LogP contribution in [0.5, 0.6) is 11.5 Å². The van der Waals surface area contributed by atoms with Crippen molar-refractivity contribution in [2.75, 3.05) is 57.2 Å². The molecule has 0 spiro atoms. The lowest BCUT2D eigenvalue weighted by Crippen LogP contribution is -2.46. The number of pyridine rings is 1. The molecule has 43 heavy (non-hydrogen) atoms. The fraction of sp³-hybridized carbons (Fsp3) is 0.281. The van der Waals surface area contributed by atoms with Crippen molar-refractivity contribution in [3.8, 4) is 11.5 Å². The number of hydrogen-bond acceptors (Lipinski definition) is 8. The Morgan fingerprint density at radius 1 is 1.05 bits per heavy atom. The maximum atomic E-state index is 13.6. The fourth-order valence-electron chi connectivity index (χ4n) is 5.14. The number of ketones is 1. The smallest absolute Gasteiger partial charge is 0.247 e. The second kappa shape index (κ2) is 13.3. The summed E-state index contributed by atoms with van der Waals surface area (Å²) in [6.45, 7) is 10.7. The van der Waals surface area contributed by atoms with E-state index in [0.29, 0.717) is 22.8 Å². The second-order valence-corrected chi connectivity index (χ2v) is 11.9. The summed E-state index contributed by atoms with van der Waals surface area (Å²) in [6, 6.07) is 11.5. The summed E-state index contributed by atoms with van der Waals surface area (Å²) in [7, 11) is 2.93. The molecule has 0 bridgehead atoms. The van der Waals surface area contributed by atoms with E-state index in [1.165, 1.54) is 31.6 Å². The van der Waals surface area contributed by atoms with Gasteiger partial charge in [0, 0.05) is 61.9 Å². The molecule has 0 saturated carbocycles. The molecule has 224 valence electrons. The normalized spacial score (nSPS) is 13.7. The van der Waals surface area contributed by atoms with Gasteiger partial charge in [-0.05, 0) is 47.8 Å². The number of benzene rings is 2. The molecule has 1 N–H and O–H groups in total. The Bertz CT molecular complexity index is 1670. The zero-order valence-electron chi connectivity index (χ0n) is 24.2. The number of likely N-dealkylation sites (N-methyl/N-ethyl adjacent to an activating group) is 1. The van der Waals surface area contributed by atoms with Gasteiger partial charge in [0.2, 0.25) is 11.7 Å². The maximum Gasteiger partial charge on any atom is 0.247 e. The van der Waals surface area contributed by atoms with Crippen LogP contribution in [0.15, 0.2) is 55.3 Å². The summed E-state index contributed by atoms with van der Waals surface area (Å²) in [5.74, 6) is -0.0142. The Balaban J connectivity index is 1.43. The van der Waals surface area contributed by atoms with Crippen molar-refractivity contribution in [1.82, 2.24) is 9.88 Å². The summed E-state index contributed by atoms with van der Waals surface area (Å²) in [6.07, 6.45) is 3.50. The van der Waals surface area contributed by atoms with Gasteiger partial charge >= 0.3 is 0 Å². The van der Waals surface area contributed by atoms with Gasteiger partial charge in [0.1, 0.15) is 11.5 Å². The van der Waals surface area contributed by atoms with Crippen molar-refractivity contribution in [3.05, 3.63) is 87.0 Å². The van der Waals surface area contributed by atoms with Crippen LogP contribution in [0.2, 0.25) is 10.0 Å². The Morgan fingerprint density at radius 3 is 2.37 bits per heavy atom. The zero-order valence-corrected chi connectivity index (χ0v) is 26.5. The number of thiophene rings is 1. The first-order valence-electron chi connectivity index (χ1n) is 13.8. The van der Waals surface area contributed by atoms with Crippen LogP contribution >= 0.6 is 34.5 Å². The Kier molecular flexibility index (Phi) is 9.56. The van der Waals surface area contributed by atoms with Gasteiger partial charge in [-0.1, -0.05) is 42.8 Å². The molecule has 8 nitrogen and oxygen atoms in total. The van der Waals surface area contributed by atoms with Crippen molar-refractivity contribution in [3.63, 3.8) is 0 Å². The number of amides is 1. The lowest BCUT2D eigenvalue weighted by atomic mass is 10.0. The van der Waals surface area contributed by atoms with Crippen LogP contribution in [0, 0.1) is 0 Å². The first-order valence-corrected chi connectivity index (χ1v) is 15.4. The molecule has 2 aromatic carbocycles. The highest BCUT2D eigenvalue weighted by Gasteiger charge is 2.25. The highest BCUT2D eigenvalue weighted by atomic mass is 35.5. The molecule has 1 fully saturated rings. The van der Waals surface area contributed by atoms with Crippen molar-refractivity contribution in [2.45, 2.75) is 13.3 Å². The van der Waals surface area contributed by atoms with Crippen LogP contribution in [0.1, 0.15) is 33.4 Å². The summed E-state index contributed by atoms with van der Waals surface area (Å²) in [5, 5.41) is 4.09. The summed E-state index contributed by atoms with van der Waals surface area (Å²) in [5.41, 5.74) is 3.63. The van der Waals surface area contributed by atoms with Gasteiger partial charge in [0.15, 0.2) is 0 Å². The van der Waals surface area contributed by atoms with Crippen LogP contribution in [-0.4, -0.2) is 68.5 Å². The molecule has 4 aromatic rings. The van der Waals surface area contributed by atoms with Crippen LogP contribution < -0.4 is 19.7 Å². The quantitative estimate of drug-likeness (QED) is 0.153. The predicted molar refractivity (Wildman–Crippen MR) is 175 cm³/mol. The van der Waals surface area contributed by atoms with Gasteiger partial charge in [-0.2, -0.15) is 0 Å². The van der Waals surface area contributed by atoms with Gasteiger partial charge in [-0.15, -0.1) is 11.3 Å². The van der Waals surface area contributed by atoms with Crippen LogP contribution in [0.3, 0.4) is 0 Å². The Hall–Kier alpha value is -3.63. The molecule has 11 heteroatoms. The molecule has 2 aromatic heterocycles. The lowest BCUT2D eigenvalue weighted by Gasteiger charge is -2.35. The van der Waals surface area contributed by atoms with E-state index in [1.54, 1.807) is 12.3 Å². The lowest BCUT2D eigenvalue weighted by molar-refractivity contribution is -0.111. The van der Waals surface area contributed by atoms with Crippen LogP contribution in [0.4, 0.5) is 11.4 Å². The Labute approximate surface area is 264 Å². The van der Waals surface area contributed by atoms with Gasteiger partial charge in [-0.25, -0.2) is 0 Å². The summed E-state index contributed by atoms with van der Waals surface area (Å²) >= 11 is 14.3. The fourth-order valence-corrected chi connectivity index (χ4v) is 6.77. The number of carbonyl (C=O) groups excluding carboxylic acids is 2. The number of methoxy groups -OCH3 is 2. The van der Waals surface area contributed by atoms with E-state index in [9.17, 15) is 9.59 Å². The SMILES string of the molecule is C=CC(=O)Nc1cc(N2CCN(CC)CC2)ccc1Cc1cc2cc(C(=O)c3c(Cl)c(OC)cc(OC)c3Cl)sc2cn1. The van der Waals surface area contributed by atoms with Crippen LogP contribution in [-0.2, 0) is 11.2 Å². The summed E-state index contributed by atoms with van der Waals surface area (Å²) < 4.78 is 11.5. The molecule has 0 unspecified atom stereocenters. The molecule has 1 aliphatic heterocycles. The number of hydrogen-bond donors (Lipinski definition) is 1. The third-order valence-corrected chi connectivity index (χ3v) is 9.41. The van der Waals surface area contributed by atoms with Gasteiger partial charge in [0.05, 0.1) is 39.4 Å². The van der Waals surface area contributed by atoms with E-state index in [-0.39, 0.29) is 27.3 Å². The first-order chi connectivity index (χ1) is 20.8. The molecule has 3 heterocycles. The van der Waals surface area contributed by atoms with E-state index in [2.05, 4.69) is 39.7 Å². The number of rotatable bonds is 10. The summed E-state index contributed by atoms with van der Waals surface area (Å²) in [4.78, 5) is 35.8. The minimum Gasteiger partial charge on any atom is -0.495 e. The monoisotopic (exact) mass is 638 g/mol. The number of nitrogens with one attached hydrogen (secondary N) is 1. The molecule has 1 aliphatic rings. The molecule has 0 atom stereocenters. The van der Waals surface area contributed by atoms with Gasteiger partial charge in [-0.3, -0.25) is 14.6 Å². The number of halogens is 2. The van der Waals surface area contributed by atoms with E-state index in [0.717, 1.165) is 65.4 Å². The van der Waals surface area contributed by atoms with Gasteiger partial charge in [0.25, 0.3) is 0 Å². The van der Waals surface area contributed by atoms with E-state index in [1.807, 2.05) is 24.3 Å². The van der Waals surface area contributed by atoms with E-state index in [4.69, 9.17) is 32.7 Å². The number of carbonyl (C=O) groups is 2. The zero-order chi connectivity index (χ0) is 30.7. The number of aromatic nitrogens is 1. The third kappa shape index (κ3) is 6.50. The number of fused-ring (bicyclic) bond motifs is 1. The standard InChI is InChI=1S/C32H32Cl2N4O4S/c1-5-28(39)36-23-16-22(38-11-9-37(6-2)10-12-38)8-7-19(23)13-21-14-20-15-26(43-27(20)18-35-21)32(40)29-30(33)24(41-3)17-25(42-4)31(29)34/h5,7-8,14-18H,1,6,9-13H2,2-4H3,(H,36,39). The molecule has 1 saturated heterocycles. The molecule has 0 radical (unpaired) electrons. The number of anilines is 2. The number of nitrogens with zero attached hydrogens (tertiary/aromatic N) is 3. The van der Waals surface area contributed by atoms with E-state index < -0.39 is 0 Å². The van der Waals surface area contributed by atoms with Crippen LogP contribution in [0.25, 0.3) is 10.1 Å². The van der Waals surface area contributed by atoms with Crippen molar-refractivity contribution >= 4 is 67.7 Å². The predicted octanol–water partition coefficient (Wildman–Crippen LogP) is 6.71. The van der Waals surface area contributed by atoms with Crippen molar-refractivity contribution in [1.29, 1.82) is 0 Å². The molecule has 0 aliphatic carbocycles. The molecule has 1 amide bonds. The van der Waals surface area contributed by atoms with Crippen molar-refractivity contribution in [2.24, 2.45) is 0 Å². The average Bonchev–Trinajstić information content (AvgIpc) is 3.45. The molecular weight excluding hydrogens is 607 g/mol. The highest BCUT2D eigenvalue weighted by molar-refractivity contribution is 7.21. The van der Waals surface area contributed by atoms with Crippen molar-refractivity contribution < 1.29 is 19.1 Å². The number of piperazine rings is 1. The molecule has 5 rings (SSSR count). The Morgan fingerprint density at radius 2 is 1.74 bits per heavy atom. The topological polar surface area (TPSA) is 84.0 Å². The maximum absolute atomic E-state index is 13.6. The second-order valence-electron chi connectivity index (χ2n) is 10.1. The minimum atomic E-state index is -0.334. The average molecular weight is 640 g/mol. The largest absolute Gasteiger partial charge is 0.495 e. The first kappa shape index (κ1) is 30.8. The third-order valence-electron chi connectivity index (χ3n) is 7.58. The number of ether oxygens (including phenoxy) is 2.